The van der Waals surface area contributed by atoms with E-state index >= 15 is 0 Å². The lowest BCUT2D eigenvalue weighted by Crippen LogP contribution is -2.34. The molecule has 0 spiro atoms. The van der Waals surface area contributed by atoms with Crippen LogP contribution in [0.4, 0.5) is 10.5 Å². The SMILES string of the molecule is Cc1ccc(NC(=O)N(Cc2ccccc2)Cc2cccn2Cc2ccc(Cl)cc2)cc1C. The Labute approximate surface area is 200 Å². The van der Waals surface area contributed by atoms with Crippen LogP contribution in [-0.4, -0.2) is 15.5 Å². The van der Waals surface area contributed by atoms with Gasteiger partial charge in [-0.2, -0.15) is 0 Å². The highest BCUT2D eigenvalue weighted by Gasteiger charge is 2.17. The Balaban J connectivity index is 1.55. The van der Waals surface area contributed by atoms with Gasteiger partial charge in [0.25, 0.3) is 0 Å². The van der Waals surface area contributed by atoms with Gasteiger partial charge in [-0.1, -0.05) is 60.1 Å². The Hall–Kier alpha value is -3.50. The third kappa shape index (κ3) is 6.05. The molecule has 168 valence electrons. The van der Waals surface area contributed by atoms with E-state index in [2.05, 4.69) is 29.8 Å². The second-order valence-electron chi connectivity index (χ2n) is 8.32. The molecule has 4 rings (SSSR count). The number of halogens is 1. The van der Waals surface area contributed by atoms with E-state index in [0.29, 0.717) is 13.1 Å². The number of aromatic nitrogens is 1. The summed E-state index contributed by atoms with van der Waals surface area (Å²) in [7, 11) is 0. The molecule has 0 saturated carbocycles. The van der Waals surface area contributed by atoms with E-state index in [0.717, 1.165) is 39.6 Å². The fourth-order valence-corrected chi connectivity index (χ4v) is 3.88. The molecule has 0 bridgehead atoms. The van der Waals surface area contributed by atoms with E-state index in [-0.39, 0.29) is 6.03 Å². The fourth-order valence-electron chi connectivity index (χ4n) is 3.75. The van der Waals surface area contributed by atoms with E-state index in [1.807, 2.05) is 90.0 Å². The number of benzene rings is 3. The first kappa shape index (κ1) is 22.7. The Morgan fingerprint density at radius 3 is 2.33 bits per heavy atom. The van der Waals surface area contributed by atoms with E-state index in [4.69, 9.17) is 11.6 Å². The summed E-state index contributed by atoms with van der Waals surface area (Å²) >= 11 is 6.03. The number of nitrogens with zero attached hydrogens (tertiary/aromatic N) is 2. The van der Waals surface area contributed by atoms with Crippen molar-refractivity contribution in [3.05, 3.63) is 124 Å². The topological polar surface area (TPSA) is 37.3 Å². The van der Waals surface area contributed by atoms with E-state index in [1.54, 1.807) is 0 Å². The minimum absolute atomic E-state index is 0.124. The van der Waals surface area contributed by atoms with Crippen molar-refractivity contribution in [2.45, 2.75) is 33.5 Å². The summed E-state index contributed by atoms with van der Waals surface area (Å²) in [4.78, 5) is 15.2. The number of hydrogen-bond donors (Lipinski definition) is 1. The number of aryl methyl sites for hydroxylation is 2. The van der Waals surface area contributed by atoms with E-state index in [1.165, 1.54) is 5.56 Å². The lowest BCUT2D eigenvalue weighted by molar-refractivity contribution is 0.205. The smallest absolute Gasteiger partial charge is 0.322 e. The van der Waals surface area contributed by atoms with Crippen LogP contribution in [0.1, 0.15) is 27.9 Å². The van der Waals surface area contributed by atoms with Gasteiger partial charge in [-0.25, -0.2) is 4.79 Å². The van der Waals surface area contributed by atoms with Crippen LogP contribution in [-0.2, 0) is 19.6 Å². The molecule has 4 aromatic rings. The van der Waals surface area contributed by atoms with Gasteiger partial charge in [0.15, 0.2) is 0 Å². The number of hydrogen-bond acceptors (Lipinski definition) is 1. The van der Waals surface area contributed by atoms with Crippen molar-refractivity contribution >= 4 is 23.3 Å². The maximum absolute atomic E-state index is 13.3. The van der Waals surface area contributed by atoms with Crippen molar-refractivity contribution in [3.8, 4) is 0 Å². The summed E-state index contributed by atoms with van der Waals surface area (Å²) < 4.78 is 2.17. The van der Waals surface area contributed by atoms with Crippen molar-refractivity contribution in [2.75, 3.05) is 5.32 Å². The third-order valence-corrected chi connectivity index (χ3v) is 6.06. The zero-order valence-corrected chi connectivity index (χ0v) is 19.7. The van der Waals surface area contributed by atoms with Gasteiger partial charge in [-0.05, 0) is 72.5 Å². The number of nitrogens with one attached hydrogen (secondary N) is 1. The first-order valence-corrected chi connectivity index (χ1v) is 11.4. The molecule has 5 heteroatoms. The van der Waals surface area contributed by atoms with Crippen molar-refractivity contribution in [3.63, 3.8) is 0 Å². The van der Waals surface area contributed by atoms with Crippen LogP contribution in [0, 0.1) is 13.8 Å². The molecule has 0 saturated heterocycles. The highest BCUT2D eigenvalue weighted by Crippen LogP contribution is 2.18. The maximum atomic E-state index is 13.3. The van der Waals surface area contributed by atoms with Gasteiger partial charge in [0, 0.05) is 35.7 Å². The quantitative estimate of drug-likeness (QED) is 0.317. The summed E-state index contributed by atoms with van der Waals surface area (Å²) in [5.74, 6) is 0. The van der Waals surface area contributed by atoms with Crippen LogP contribution < -0.4 is 5.32 Å². The molecule has 2 amide bonds. The van der Waals surface area contributed by atoms with Gasteiger partial charge >= 0.3 is 6.03 Å². The second kappa shape index (κ2) is 10.4. The summed E-state index contributed by atoms with van der Waals surface area (Å²) in [6.45, 7) is 5.85. The monoisotopic (exact) mass is 457 g/mol. The average Bonchev–Trinajstić information content (AvgIpc) is 3.24. The van der Waals surface area contributed by atoms with Crippen molar-refractivity contribution in [1.82, 2.24) is 9.47 Å². The molecule has 0 unspecified atom stereocenters. The van der Waals surface area contributed by atoms with Gasteiger partial charge in [-0.15, -0.1) is 0 Å². The lowest BCUT2D eigenvalue weighted by atomic mass is 10.1. The molecular weight excluding hydrogens is 430 g/mol. The van der Waals surface area contributed by atoms with Crippen LogP contribution >= 0.6 is 11.6 Å². The number of carbonyl (C=O) groups excluding carboxylic acids is 1. The molecule has 1 N–H and O–H groups in total. The summed E-state index contributed by atoms with van der Waals surface area (Å²) in [5.41, 5.74) is 6.47. The fraction of sp³-hybridized carbons (Fsp3) is 0.179. The van der Waals surface area contributed by atoms with Gasteiger partial charge in [0.1, 0.15) is 0 Å². The van der Waals surface area contributed by atoms with Gasteiger partial charge < -0.3 is 14.8 Å². The van der Waals surface area contributed by atoms with Crippen LogP contribution in [0.5, 0.6) is 0 Å². The number of urea groups is 1. The predicted molar refractivity (Wildman–Crippen MR) is 136 cm³/mol. The summed E-state index contributed by atoms with van der Waals surface area (Å²) in [6, 6.07) is 27.9. The van der Waals surface area contributed by atoms with Gasteiger partial charge in [0.05, 0.1) is 6.54 Å². The van der Waals surface area contributed by atoms with Crippen LogP contribution in [0.3, 0.4) is 0 Å². The zero-order chi connectivity index (χ0) is 23.2. The minimum Gasteiger partial charge on any atom is -0.345 e. The molecule has 1 aromatic heterocycles. The molecule has 1 heterocycles. The number of carbonyl (C=O) groups is 1. The normalized spacial score (nSPS) is 10.8. The summed E-state index contributed by atoms with van der Waals surface area (Å²) in [6.07, 6.45) is 2.05. The molecule has 33 heavy (non-hydrogen) atoms. The van der Waals surface area contributed by atoms with Crippen LogP contribution in [0.2, 0.25) is 5.02 Å². The maximum Gasteiger partial charge on any atom is 0.322 e. The Kier molecular flexibility index (Phi) is 7.16. The Bertz CT molecular complexity index is 1220. The van der Waals surface area contributed by atoms with E-state index in [9.17, 15) is 4.79 Å². The molecule has 0 aliphatic rings. The number of anilines is 1. The lowest BCUT2D eigenvalue weighted by Gasteiger charge is -2.24. The van der Waals surface area contributed by atoms with Crippen LogP contribution in [0.25, 0.3) is 0 Å². The van der Waals surface area contributed by atoms with E-state index < -0.39 is 0 Å². The minimum atomic E-state index is -0.124. The predicted octanol–water partition coefficient (Wildman–Crippen LogP) is 7.04. The molecule has 0 fully saturated rings. The van der Waals surface area contributed by atoms with Gasteiger partial charge in [0.2, 0.25) is 0 Å². The standard InChI is InChI=1S/C28H28ClN3O/c1-21-10-15-26(17-22(21)2)30-28(33)32(19-23-7-4-3-5-8-23)20-27-9-6-16-31(27)18-24-11-13-25(29)14-12-24/h3-17H,18-20H2,1-2H3,(H,30,33). The zero-order valence-electron chi connectivity index (χ0n) is 19.0. The first-order valence-electron chi connectivity index (χ1n) is 11.0. The third-order valence-electron chi connectivity index (χ3n) is 5.80. The number of rotatable bonds is 7. The highest BCUT2D eigenvalue weighted by molar-refractivity contribution is 6.30. The Morgan fingerprint density at radius 2 is 1.61 bits per heavy atom. The molecule has 0 radical (unpaired) electrons. The van der Waals surface area contributed by atoms with Gasteiger partial charge in [-0.3, -0.25) is 0 Å². The molecule has 0 aliphatic heterocycles. The largest absolute Gasteiger partial charge is 0.345 e. The molecule has 0 aliphatic carbocycles. The summed E-state index contributed by atoms with van der Waals surface area (Å²) in [5, 5.41) is 3.81. The average molecular weight is 458 g/mol. The second-order valence-corrected chi connectivity index (χ2v) is 8.76. The molecule has 4 nitrogen and oxygen atoms in total. The first-order chi connectivity index (χ1) is 16.0. The van der Waals surface area contributed by atoms with Crippen molar-refractivity contribution in [2.24, 2.45) is 0 Å². The molecule has 0 atom stereocenters. The number of amides is 2. The highest BCUT2D eigenvalue weighted by atomic mass is 35.5. The van der Waals surface area contributed by atoms with Crippen LogP contribution in [0.15, 0.2) is 91.1 Å². The van der Waals surface area contributed by atoms with Crippen molar-refractivity contribution < 1.29 is 4.79 Å². The Morgan fingerprint density at radius 1 is 0.848 bits per heavy atom. The molecule has 3 aromatic carbocycles. The molecular formula is C28H28ClN3O. The van der Waals surface area contributed by atoms with Crippen molar-refractivity contribution in [1.29, 1.82) is 0 Å².